The van der Waals surface area contributed by atoms with Gasteiger partial charge in [0.15, 0.2) is 5.11 Å². The van der Waals surface area contributed by atoms with E-state index in [4.69, 9.17) is 12.2 Å². The Morgan fingerprint density at radius 3 is 2.30 bits per heavy atom. The van der Waals surface area contributed by atoms with E-state index in [2.05, 4.69) is 31.9 Å². The lowest BCUT2D eigenvalue weighted by atomic mass is 10.2. The van der Waals surface area contributed by atoms with Gasteiger partial charge in [0.2, 0.25) is 0 Å². The Hall–Kier alpha value is -2.25. The third-order valence-electron chi connectivity index (χ3n) is 2.92. The highest BCUT2D eigenvalue weighted by Crippen LogP contribution is 2.12. The Kier molecular flexibility index (Phi) is 5.84. The van der Waals surface area contributed by atoms with Gasteiger partial charge in [0.05, 0.1) is 0 Å². The molecule has 0 radical (unpaired) electrons. The van der Waals surface area contributed by atoms with Gasteiger partial charge in [-0.25, -0.2) is 0 Å². The molecule has 0 aliphatic carbocycles. The molecule has 2 aromatic rings. The molecular weight excluding hydrogens is 378 g/mol. The average Bonchev–Trinajstić information content (AvgIpc) is 2.54. The van der Waals surface area contributed by atoms with E-state index in [0.717, 1.165) is 4.47 Å². The molecule has 3 N–H and O–H groups in total. The third-order valence-corrected chi connectivity index (χ3v) is 3.62. The number of hydrogen-bond donors (Lipinski definition) is 3. The van der Waals surface area contributed by atoms with Crippen LogP contribution in [-0.2, 0) is 0 Å². The van der Waals surface area contributed by atoms with Gasteiger partial charge in [0, 0.05) is 28.3 Å². The SMILES string of the molecule is CNC(=O)c1cccc(NC(=S)NC(=O)c2cccc(Br)c2)c1. The molecule has 0 fully saturated rings. The number of hydrogen-bond acceptors (Lipinski definition) is 3. The van der Waals surface area contributed by atoms with Crippen molar-refractivity contribution in [1.82, 2.24) is 10.6 Å². The van der Waals surface area contributed by atoms with Crippen molar-refractivity contribution in [3.8, 4) is 0 Å². The molecule has 7 heteroatoms. The number of benzene rings is 2. The molecule has 0 aliphatic heterocycles. The highest BCUT2D eigenvalue weighted by atomic mass is 79.9. The third kappa shape index (κ3) is 4.87. The van der Waals surface area contributed by atoms with Gasteiger partial charge < -0.3 is 10.6 Å². The minimum Gasteiger partial charge on any atom is -0.355 e. The average molecular weight is 392 g/mol. The number of nitrogens with one attached hydrogen (secondary N) is 3. The number of amides is 2. The minimum atomic E-state index is -0.314. The van der Waals surface area contributed by atoms with Crippen LogP contribution in [0.25, 0.3) is 0 Å². The van der Waals surface area contributed by atoms with Gasteiger partial charge in [-0.3, -0.25) is 14.9 Å². The fourth-order valence-corrected chi connectivity index (χ4v) is 2.46. The first-order valence-electron chi connectivity index (χ1n) is 6.69. The van der Waals surface area contributed by atoms with Gasteiger partial charge >= 0.3 is 0 Å². The van der Waals surface area contributed by atoms with Crippen molar-refractivity contribution in [3.63, 3.8) is 0 Å². The summed E-state index contributed by atoms with van der Waals surface area (Å²) in [7, 11) is 1.56. The van der Waals surface area contributed by atoms with Gasteiger partial charge in [0.1, 0.15) is 0 Å². The Morgan fingerprint density at radius 2 is 1.65 bits per heavy atom. The summed E-state index contributed by atoms with van der Waals surface area (Å²) >= 11 is 8.44. The molecule has 2 amide bonds. The summed E-state index contributed by atoms with van der Waals surface area (Å²) in [4.78, 5) is 23.7. The van der Waals surface area contributed by atoms with Crippen LogP contribution in [0.15, 0.2) is 53.0 Å². The van der Waals surface area contributed by atoms with Crippen molar-refractivity contribution in [3.05, 3.63) is 64.1 Å². The Bertz CT molecular complexity index is 764. The first-order valence-corrected chi connectivity index (χ1v) is 7.90. The molecule has 0 atom stereocenters. The maximum absolute atomic E-state index is 12.1. The zero-order chi connectivity index (χ0) is 16.8. The first kappa shape index (κ1) is 17.1. The second-order valence-electron chi connectivity index (χ2n) is 4.58. The van der Waals surface area contributed by atoms with Crippen LogP contribution in [0.3, 0.4) is 0 Å². The molecule has 0 aromatic heterocycles. The molecular formula is C16H14BrN3O2S. The summed E-state index contributed by atoms with van der Waals surface area (Å²) in [6.07, 6.45) is 0. The number of carbonyl (C=O) groups excluding carboxylic acids is 2. The molecule has 23 heavy (non-hydrogen) atoms. The van der Waals surface area contributed by atoms with E-state index >= 15 is 0 Å². The summed E-state index contributed by atoms with van der Waals surface area (Å²) < 4.78 is 0.808. The summed E-state index contributed by atoms with van der Waals surface area (Å²) in [5.41, 5.74) is 1.60. The van der Waals surface area contributed by atoms with E-state index in [-0.39, 0.29) is 16.9 Å². The van der Waals surface area contributed by atoms with E-state index in [1.807, 2.05) is 6.07 Å². The lowest BCUT2D eigenvalue weighted by Crippen LogP contribution is -2.34. The van der Waals surface area contributed by atoms with Crippen molar-refractivity contribution in [2.45, 2.75) is 0 Å². The molecule has 5 nitrogen and oxygen atoms in total. The predicted molar refractivity (Wildman–Crippen MR) is 97.7 cm³/mol. The zero-order valence-electron chi connectivity index (χ0n) is 12.2. The van der Waals surface area contributed by atoms with E-state index in [1.165, 1.54) is 0 Å². The van der Waals surface area contributed by atoms with Crippen molar-refractivity contribution in [2.75, 3.05) is 12.4 Å². The lowest BCUT2D eigenvalue weighted by molar-refractivity contribution is 0.0959. The van der Waals surface area contributed by atoms with Crippen molar-refractivity contribution in [1.29, 1.82) is 0 Å². The number of thiocarbonyl (C=S) groups is 1. The number of rotatable bonds is 3. The molecule has 118 valence electrons. The molecule has 0 saturated carbocycles. The van der Waals surface area contributed by atoms with Crippen molar-refractivity contribution >= 4 is 50.8 Å². The quantitative estimate of drug-likeness (QED) is 0.703. The molecule has 2 rings (SSSR count). The Labute approximate surface area is 147 Å². The second kappa shape index (κ2) is 7.85. The van der Waals surface area contributed by atoms with Gasteiger partial charge in [-0.1, -0.05) is 28.1 Å². The highest BCUT2D eigenvalue weighted by molar-refractivity contribution is 9.10. The maximum Gasteiger partial charge on any atom is 0.257 e. The van der Waals surface area contributed by atoms with Crippen LogP contribution in [-0.4, -0.2) is 24.0 Å². The topological polar surface area (TPSA) is 70.2 Å². The fraction of sp³-hybridized carbons (Fsp3) is 0.0625. The van der Waals surface area contributed by atoms with Crippen LogP contribution >= 0.6 is 28.1 Å². The van der Waals surface area contributed by atoms with Crippen LogP contribution in [0, 0.1) is 0 Å². The van der Waals surface area contributed by atoms with Gasteiger partial charge in [0.25, 0.3) is 11.8 Å². The molecule has 0 saturated heterocycles. The number of anilines is 1. The van der Waals surface area contributed by atoms with Crippen molar-refractivity contribution in [2.24, 2.45) is 0 Å². The Morgan fingerprint density at radius 1 is 1.00 bits per heavy atom. The summed E-state index contributed by atoms with van der Waals surface area (Å²) in [5, 5.41) is 8.18. The van der Waals surface area contributed by atoms with Gasteiger partial charge in [-0.05, 0) is 48.6 Å². The Balaban J connectivity index is 2.02. The van der Waals surface area contributed by atoms with Crippen LogP contribution < -0.4 is 16.0 Å². The monoisotopic (exact) mass is 391 g/mol. The van der Waals surface area contributed by atoms with E-state index in [9.17, 15) is 9.59 Å². The minimum absolute atomic E-state index is 0.157. The van der Waals surface area contributed by atoms with Gasteiger partial charge in [-0.2, -0.15) is 0 Å². The first-order chi connectivity index (χ1) is 11.0. The van der Waals surface area contributed by atoms with Crippen LogP contribution in [0.5, 0.6) is 0 Å². The normalized spacial score (nSPS) is 9.83. The second-order valence-corrected chi connectivity index (χ2v) is 5.90. The van der Waals surface area contributed by atoms with Crippen molar-refractivity contribution < 1.29 is 9.59 Å². The maximum atomic E-state index is 12.1. The number of halogens is 1. The smallest absolute Gasteiger partial charge is 0.257 e. The highest BCUT2D eigenvalue weighted by Gasteiger charge is 2.09. The summed E-state index contributed by atoms with van der Waals surface area (Å²) in [5.74, 6) is -0.510. The zero-order valence-corrected chi connectivity index (χ0v) is 14.6. The molecule has 0 unspecified atom stereocenters. The predicted octanol–water partition coefficient (Wildman–Crippen LogP) is 2.94. The van der Waals surface area contributed by atoms with Gasteiger partial charge in [-0.15, -0.1) is 0 Å². The lowest BCUT2D eigenvalue weighted by Gasteiger charge is -2.10. The molecule has 0 aliphatic rings. The van der Waals surface area contributed by atoms with E-state index < -0.39 is 0 Å². The largest absolute Gasteiger partial charge is 0.355 e. The standard InChI is InChI=1S/C16H14BrN3O2S/c1-18-14(21)11-5-3-7-13(9-11)19-16(23)20-15(22)10-4-2-6-12(17)8-10/h2-9H,1H3,(H,18,21)(H2,19,20,22,23). The number of carbonyl (C=O) groups is 2. The fourth-order valence-electron chi connectivity index (χ4n) is 1.85. The molecule has 0 bridgehead atoms. The summed E-state index contributed by atoms with van der Waals surface area (Å²) in [6, 6.07) is 13.8. The molecule has 0 heterocycles. The van der Waals surface area contributed by atoms with Crippen LogP contribution in [0.4, 0.5) is 5.69 Å². The van der Waals surface area contributed by atoms with E-state index in [1.54, 1.807) is 49.5 Å². The van der Waals surface area contributed by atoms with Crippen LogP contribution in [0.1, 0.15) is 20.7 Å². The van der Waals surface area contributed by atoms with E-state index in [0.29, 0.717) is 16.8 Å². The molecule has 2 aromatic carbocycles. The van der Waals surface area contributed by atoms with Crippen LogP contribution in [0.2, 0.25) is 0 Å². The molecule has 0 spiro atoms. The summed E-state index contributed by atoms with van der Waals surface area (Å²) in [6.45, 7) is 0.